The van der Waals surface area contributed by atoms with Gasteiger partial charge in [0, 0.05) is 13.0 Å². The van der Waals surface area contributed by atoms with E-state index in [1.165, 1.54) is 30.9 Å². The minimum absolute atomic E-state index is 0.422. The van der Waals surface area contributed by atoms with Gasteiger partial charge in [0.1, 0.15) is 22.9 Å². The Morgan fingerprint density at radius 3 is 3.05 bits per heavy atom. The first kappa shape index (κ1) is 14.1. The normalized spacial score (nSPS) is 14.5. The lowest BCUT2D eigenvalue weighted by Crippen LogP contribution is -2.04. The molecule has 0 saturated heterocycles. The van der Waals surface area contributed by atoms with Gasteiger partial charge in [0.05, 0.1) is 6.61 Å². The molecule has 0 fully saturated rings. The van der Waals surface area contributed by atoms with Crippen molar-refractivity contribution in [1.82, 2.24) is 24.7 Å². The molecule has 112 valence electrons. The SMILES string of the molecule is CCOc1ncnc(Sc2nnc3n2CCCCC3)c1N. The summed E-state index contributed by atoms with van der Waals surface area (Å²) in [5.41, 5.74) is 6.52. The molecular formula is C13H18N6OS. The summed E-state index contributed by atoms with van der Waals surface area (Å²) in [6.07, 6.45) is 6.01. The van der Waals surface area contributed by atoms with Gasteiger partial charge in [0.25, 0.3) is 0 Å². The molecule has 7 nitrogen and oxygen atoms in total. The third kappa shape index (κ3) is 2.94. The lowest BCUT2D eigenvalue weighted by Gasteiger charge is -2.09. The average Bonchev–Trinajstić information content (AvgIpc) is 2.71. The van der Waals surface area contributed by atoms with Crippen LogP contribution in [-0.2, 0) is 13.0 Å². The number of nitrogens with two attached hydrogens (primary N) is 1. The first-order chi connectivity index (χ1) is 10.3. The van der Waals surface area contributed by atoms with Crippen LogP contribution >= 0.6 is 11.8 Å². The highest BCUT2D eigenvalue weighted by atomic mass is 32.2. The summed E-state index contributed by atoms with van der Waals surface area (Å²) in [6.45, 7) is 3.37. The fourth-order valence-electron chi connectivity index (χ4n) is 2.32. The second-order valence-electron chi connectivity index (χ2n) is 4.79. The summed E-state index contributed by atoms with van der Waals surface area (Å²) in [5.74, 6) is 1.47. The topological polar surface area (TPSA) is 91.7 Å². The summed E-state index contributed by atoms with van der Waals surface area (Å²) >= 11 is 1.42. The fourth-order valence-corrected chi connectivity index (χ4v) is 3.18. The number of aromatic nitrogens is 5. The van der Waals surface area contributed by atoms with Crippen LogP contribution in [0, 0.1) is 0 Å². The average molecular weight is 306 g/mol. The van der Waals surface area contributed by atoms with Crippen molar-refractivity contribution in [2.75, 3.05) is 12.3 Å². The van der Waals surface area contributed by atoms with Gasteiger partial charge >= 0.3 is 0 Å². The van der Waals surface area contributed by atoms with E-state index < -0.39 is 0 Å². The smallest absolute Gasteiger partial charge is 0.241 e. The van der Waals surface area contributed by atoms with Crippen LogP contribution in [-0.4, -0.2) is 31.3 Å². The van der Waals surface area contributed by atoms with E-state index in [0.717, 1.165) is 30.4 Å². The quantitative estimate of drug-likeness (QED) is 0.863. The number of nitrogen functional groups attached to an aromatic ring is 1. The van der Waals surface area contributed by atoms with Crippen LogP contribution in [0.5, 0.6) is 5.88 Å². The van der Waals surface area contributed by atoms with Crippen molar-refractivity contribution in [3.05, 3.63) is 12.2 Å². The standard InChI is InChI=1S/C13H18N6OS/c1-2-20-11-10(14)12(16-8-15-11)21-13-18-17-9-6-4-3-5-7-19(9)13/h8H,2-7,14H2,1H3. The third-order valence-corrected chi connectivity index (χ3v) is 4.36. The molecule has 3 rings (SSSR count). The third-order valence-electron chi connectivity index (χ3n) is 3.36. The Labute approximate surface area is 127 Å². The van der Waals surface area contributed by atoms with Gasteiger partial charge in [-0.2, -0.15) is 4.98 Å². The van der Waals surface area contributed by atoms with Crippen molar-refractivity contribution < 1.29 is 4.74 Å². The maximum Gasteiger partial charge on any atom is 0.241 e. The van der Waals surface area contributed by atoms with Gasteiger partial charge in [-0.1, -0.05) is 6.42 Å². The van der Waals surface area contributed by atoms with Crippen LogP contribution in [0.4, 0.5) is 5.69 Å². The van der Waals surface area contributed by atoms with Crippen LogP contribution < -0.4 is 10.5 Å². The molecule has 1 aliphatic heterocycles. The van der Waals surface area contributed by atoms with E-state index in [9.17, 15) is 0 Å². The largest absolute Gasteiger partial charge is 0.476 e. The van der Waals surface area contributed by atoms with Crippen molar-refractivity contribution in [3.63, 3.8) is 0 Å². The van der Waals surface area contributed by atoms with E-state index in [-0.39, 0.29) is 0 Å². The van der Waals surface area contributed by atoms with Gasteiger partial charge in [-0.25, -0.2) is 4.98 Å². The Morgan fingerprint density at radius 1 is 1.29 bits per heavy atom. The number of aryl methyl sites for hydroxylation is 1. The minimum atomic E-state index is 0.422. The van der Waals surface area contributed by atoms with E-state index in [4.69, 9.17) is 10.5 Å². The molecular weight excluding hydrogens is 288 g/mol. The molecule has 0 bridgehead atoms. The summed E-state index contributed by atoms with van der Waals surface area (Å²) in [5, 5.41) is 10.0. The molecule has 2 aromatic rings. The molecule has 2 N–H and O–H groups in total. The minimum Gasteiger partial charge on any atom is -0.476 e. The summed E-state index contributed by atoms with van der Waals surface area (Å²) < 4.78 is 7.56. The lowest BCUT2D eigenvalue weighted by molar-refractivity contribution is 0.327. The van der Waals surface area contributed by atoms with Gasteiger partial charge in [-0.3, -0.25) is 0 Å². The molecule has 2 aromatic heterocycles. The highest BCUT2D eigenvalue weighted by Crippen LogP contribution is 2.34. The zero-order chi connectivity index (χ0) is 14.7. The molecule has 8 heteroatoms. The number of hydrogen-bond acceptors (Lipinski definition) is 7. The van der Waals surface area contributed by atoms with Crippen LogP contribution in [0.3, 0.4) is 0 Å². The molecule has 0 aliphatic carbocycles. The predicted molar refractivity (Wildman–Crippen MR) is 79.3 cm³/mol. The van der Waals surface area contributed by atoms with Crippen molar-refractivity contribution in [1.29, 1.82) is 0 Å². The number of fused-ring (bicyclic) bond motifs is 1. The van der Waals surface area contributed by atoms with Crippen LogP contribution in [0.25, 0.3) is 0 Å². The second-order valence-corrected chi connectivity index (χ2v) is 5.75. The number of nitrogens with zero attached hydrogens (tertiary/aromatic N) is 5. The van der Waals surface area contributed by atoms with E-state index in [2.05, 4.69) is 24.7 Å². The molecule has 21 heavy (non-hydrogen) atoms. The molecule has 1 aliphatic rings. The first-order valence-electron chi connectivity index (χ1n) is 7.12. The number of hydrogen-bond donors (Lipinski definition) is 1. The maximum atomic E-state index is 6.06. The summed E-state index contributed by atoms with van der Waals surface area (Å²) in [7, 11) is 0. The Bertz CT molecular complexity index is 629. The molecule has 3 heterocycles. The highest BCUT2D eigenvalue weighted by Gasteiger charge is 2.18. The molecule has 0 saturated carbocycles. The van der Waals surface area contributed by atoms with Gasteiger partial charge in [-0.05, 0) is 31.5 Å². The van der Waals surface area contributed by atoms with Gasteiger partial charge < -0.3 is 15.0 Å². The van der Waals surface area contributed by atoms with Gasteiger partial charge in [0.2, 0.25) is 5.88 Å². The monoisotopic (exact) mass is 306 g/mol. The Morgan fingerprint density at radius 2 is 2.19 bits per heavy atom. The second kappa shape index (κ2) is 6.30. The van der Waals surface area contributed by atoms with Crippen molar-refractivity contribution in [2.24, 2.45) is 0 Å². The van der Waals surface area contributed by atoms with E-state index >= 15 is 0 Å². The molecule has 0 aromatic carbocycles. The van der Waals surface area contributed by atoms with Gasteiger partial charge in [0.15, 0.2) is 5.16 Å². The summed E-state index contributed by atoms with van der Waals surface area (Å²) in [6, 6.07) is 0. The number of anilines is 1. The molecule has 0 unspecified atom stereocenters. The number of rotatable bonds is 4. The van der Waals surface area contributed by atoms with Crippen LogP contribution in [0.2, 0.25) is 0 Å². The maximum absolute atomic E-state index is 6.06. The molecule has 0 atom stereocenters. The van der Waals surface area contributed by atoms with Crippen molar-refractivity contribution >= 4 is 17.4 Å². The van der Waals surface area contributed by atoms with E-state index in [1.807, 2.05) is 6.92 Å². The fraction of sp³-hybridized carbons (Fsp3) is 0.538. The molecule has 0 spiro atoms. The Kier molecular flexibility index (Phi) is 4.23. The zero-order valence-corrected chi connectivity index (χ0v) is 12.8. The molecule has 0 radical (unpaired) electrons. The highest BCUT2D eigenvalue weighted by molar-refractivity contribution is 7.99. The first-order valence-corrected chi connectivity index (χ1v) is 7.94. The molecule has 0 amide bonds. The zero-order valence-electron chi connectivity index (χ0n) is 11.9. The van der Waals surface area contributed by atoms with Gasteiger partial charge in [-0.15, -0.1) is 10.2 Å². The summed E-state index contributed by atoms with van der Waals surface area (Å²) in [4.78, 5) is 8.28. The lowest BCUT2D eigenvalue weighted by atomic mass is 10.2. The predicted octanol–water partition coefficient (Wildman–Crippen LogP) is 1.93. The Hall–Kier alpha value is -1.83. The van der Waals surface area contributed by atoms with Crippen molar-refractivity contribution in [3.8, 4) is 5.88 Å². The van der Waals surface area contributed by atoms with Crippen molar-refractivity contribution in [2.45, 2.75) is 49.3 Å². The Balaban J connectivity index is 1.87. The van der Waals surface area contributed by atoms with E-state index in [1.54, 1.807) is 0 Å². The van der Waals surface area contributed by atoms with E-state index in [0.29, 0.717) is 23.2 Å². The van der Waals surface area contributed by atoms with Crippen LogP contribution in [0.15, 0.2) is 16.5 Å². The van der Waals surface area contributed by atoms with Crippen LogP contribution in [0.1, 0.15) is 32.0 Å². The number of ether oxygens (including phenoxy) is 1.